The molecule has 0 unspecified atom stereocenters. The molecule has 0 amide bonds. The fourth-order valence-corrected chi connectivity index (χ4v) is 2.24. The van der Waals surface area contributed by atoms with Crippen LogP contribution in [-0.4, -0.2) is 22.0 Å². The van der Waals surface area contributed by atoms with Gasteiger partial charge >= 0.3 is 5.97 Å². The second-order valence-electron chi connectivity index (χ2n) is 4.90. The lowest BCUT2D eigenvalue weighted by Gasteiger charge is -2.09. The number of rotatable bonds is 5. The van der Waals surface area contributed by atoms with Crippen LogP contribution in [0.2, 0.25) is 0 Å². The van der Waals surface area contributed by atoms with Gasteiger partial charge in [-0.3, -0.25) is 0 Å². The van der Waals surface area contributed by atoms with Crippen LogP contribution in [-0.2, 0) is 9.53 Å². The zero-order chi connectivity index (χ0) is 16.1. The van der Waals surface area contributed by atoms with E-state index in [2.05, 4.69) is 10.3 Å². The first kappa shape index (κ1) is 14.8. The number of aromatic nitrogens is 2. The second-order valence-corrected chi connectivity index (χ2v) is 4.90. The molecule has 0 saturated heterocycles. The van der Waals surface area contributed by atoms with Gasteiger partial charge in [-0.2, -0.15) is 0 Å². The van der Waals surface area contributed by atoms with Gasteiger partial charge in [0, 0.05) is 36.5 Å². The van der Waals surface area contributed by atoms with E-state index in [1.54, 1.807) is 19.3 Å². The van der Waals surface area contributed by atoms with Crippen LogP contribution >= 0.6 is 0 Å². The summed E-state index contributed by atoms with van der Waals surface area (Å²) in [5, 5.41) is 3.15. The van der Waals surface area contributed by atoms with Crippen molar-refractivity contribution in [2.45, 2.75) is 6.92 Å². The summed E-state index contributed by atoms with van der Waals surface area (Å²) in [6.45, 7) is 2.13. The SMILES string of the molecule is CCOC(=O)/C(=C\Nc1ccn2ccnc2c1)c1ccccc1. The van der Waals surface area contributed by atoms with Gasteiger partial charge in [0.25, 0.3) is 0 Å². The van der Waals surface area contributed by atoms with E-state index in [4.69, 9.17) is 4.74 Å². The number of esters is 1. The number of hydrogen-bond acceptors (Lipinski definition) is 4. The summed E-state index contributed by atoms with van der Waals surface area (Å²) < 4.78 is 7.06. The first-order valence-electron chi connectivity index (χ1n) is 7.40. The van der Waals surface area contributed by atoms with Crippen molar-refractivity contribution in [1.82, 2.24) is 9.38 Å². The minimum atomic E-state index is -0.354. The Morgan fingerprint density at radius 1 is 1.26 bits per heavy atom. The van der Waals surface area contributed by atoms with Crippen LogP contribution in [0, 0.1) is 0 Å². The lowest BCUT2D eigenvalue weighted by Crippen LogP contribution is -2.08. The number of benzene rings is 1. The highest BCUT2D eigenvalue weighted by Gasteiger charge is 2.12. The highest BCUT2D eigenvalue weighted by atomic mass is 16.5. The Labute approximate surface area is 134 Å². The number of hydrogen-bond donors (Lipinski definition) is 1. The van der Waals surface area contributed by atoms with Crippen LogP contribution < -0.4 is 5.32 Å². The molecule has 0 aliphatic carbocycles. The van der Waals surface area contributed by atoms with E-state index in [-0.39, 0.29) is 5.97 Å². The highest BCUT2D eigenvalue weighted by molar-refractivity contribution is 6.16. The fourth-order valence-electron chi connectivity index (χ4n) is 2.24. The van der Waals surface area contributed by atoms with Crippen molar-refractivity contribution in [2.24, 2.45) is 0 Å². The Morgan fingerprint density at radius 3 is 2.87 bits per heavy atom. The lowest BCUT2D eigenvalue weighted by molar-refractivity contribution is -0.136. The normalized spacial score (nSPS) is 11.4. The Kier molecular flexibility index (Phi) is 4.38. The molecule has 0 aliphatic heterocycles. The zero-order valence-corrected chi connectivity index (χ0v) is 12.8. The molecule has 3 rings (SSSR count). The first-order valence-corrected chi connectivity index (χ1v) is 7.40. The number of nitrogens with zero attached hydrogens (tertiary/aromatic N) is 2. The smallest absolute Gasteiger partial charge is 0.340 e. The number of carbonyl (C=O) groups excluding carboxylic acids is 1. The predicted octanol–water partition coefficient (Wildman–Crippen LogP) is 3.35. The minimum Gasteiger partial charge on any atom is -0.462 e. The van der Waals surface area contributed by atoms with Crippen molar-refractivity contribution in [3.05, 3.63) is 72.8 Å². The average Bonchev–Trinajstić information content (AvgIpc) is 3.04. The molecule has 2 heterocycles. The molecule has 0 fully saturated rings. The summed E-state index contributed by atoms with van der Waals surface area (Å²) in [5.74, 6) is -0.354. The van der Waals surface area contributed by atoms with Crippen LogP contribution in [0.25, 0.3) is 11.2 Å². The largest absolute Gasteiger partial charge is 0.462 e. The van der Waals surface area contributed by atoms with E-state index in [0.717, 1.165) is 16.9 Å². The number of anilines is 1. The third-order valence-corrected chi connectivity index (χ3v) is 3.36. The molecule has 0 bridgehead atoms. The van der Waals surface area contributed by atoms with Crippen molar-refractivity contribution in [1.29, 1.82) is 0 Å². The van der Waals surface area contributed by atoms with Crippen molar-refractivity contribution in [2.75, 3.05) is 11.9 Å². The van der Waals surface area contributed by atoms with Crippen LogP contribution in [0.15, 0.2) is 67.3 Å². The van der Waals surface area contributed by atoms with Crippen LogP contribution in [0.3, 0.4) is 0 Å². The van der Waals surface area contributed by atoms with E-state index in [1.165, 1.54) is 0 Å². The maximum absolute atomic E-state index is 12.2. The molecule has 5 nitrogen and oxygen atoms in total. The molecule has 0 saturated carbocycles. The average molecular weight is 307 g/mol. The van der Waals surface area contributed by atoms with E-state index >= 15 is 0 Å². The van der Waals surface area contributed by atoms with E-state index < -0.39 is 0 Å². The third-order valence-electron chi connectivity index (χ3n) is 3.36. The van der Waals surface area contributed by atoms with Gasteiger partial charge in [0.15, 0.2) is 0 Å². The zero-order valence-electron chi connectivity index (χ0n) is 12.8. The van der Waals surface area contributed by atoms with Gasteiger partial charge in [-0.1, -0.05) is 30.3 Å². The molecule has 2 aromatic heterocycles. The van der Waals surface area contributed by atoms with Gasteiger partial charge in [-0.15, -0.1) is 0 Å². The molecule has 1 aromatic carbocycles. The molecule has 0 radical (unpaired) electrons. The quantitative estimate of drug-likeness (QED) is 0.580. The Balaban J connectivity index is 1.89. The fraction of sp³-hybridized carbons (Fsp3) is 0.111. The van der Waals surface area contributed by atoms with Crippen molar-refractivity contribution >= 4 is 22.9 Å². The van der Waals surface area contributed by atoms with Gasteiger partial charge in [0.2, 0.25) is 0 Å². The predicted molar refractivity (Wildman–Crippen MR) is 89.9 cm³/mol. The molecule has 5 heteroatoms. The summed E-state index contributed by atoms with van der Waals surface area (Å²) in [4.78, 5) is 16.4. The standard InChI is InChI=1S/C18H17N3O2/c1-2-23-18(22)16(14-6-4-3-5-7-14)13-20-15-8-10-21-11-9-19-17(21)12-15/h3-13,20H,2H2,1H3/b16-13-. The summed E-state index contributed by atoms with van der Waals surface area (Å²) in [5.41, 5.74) is 2.97. The number of carbonyl (C=O) groups is 1. The maximum Gasteiger partial charge on any atom is 0.340 e. The van der Waals surface area contributed by atoms with Crippen LogP contribution in [0.4, 0.5) is 5.69 Å². The molecule has 1 N–H and O–H groups in total. The lowest BCUT2D eigenvalue weighted by atomic mass is 10.1. The molecule has 0 spiro atoms. The molecular weight excluding hydrogens is 290 g/mol. The van der Waals surface area contributed by atoms with Gasteiger partial charge < -0.3 is 14.5 Å². The van der Waals surface area contributed by atoms with Crippen molar-refractivity contribution < 1.29 is 9.53 Å². The van der Waals surface area contributed by atoms with Gasteiger partial charge in [-0.25, -0.2) is 9.78 Å². The first-order chi connectivity index (χ1) is 11.3. The topological polar surface area (TPSA) is 55.6 Å². The van der Waals surface area contributed by atoms with Crippen LogP contribution in [0.5, 0.6) is 0 Å². The van der Waals surface area contributed by atoms with Gasteiger partial charge in [0.1, 0.15) is 5.65 Å². The minimum absolute atomic E-state index is 0.336. The summed E-state index contributed by atoms with van der Waals surface area (Å²) >= 11 is 0. The maximum atomic E-state index is 12.2. The number of pyridine rings is 1. The molecular formula is C18H17N3O2. The van der Waals surface area contributed by atoms with Gasteiger partial charge in [0.05, 0.1) is 12.2 Å². The number of ether oxygens (including phenoxy) is 1. The Morgan fingerprint density at radius 2 is 2.09 bits per heavy atom. The summed E-state index contributed by atoms with van der Waals surface area (Å²) in [6, 6.07) is 13.3. The molecule has 0 atom stereocenters. The molecule has 0 aliphatic rings. The molecule has 116 valence electrons. The van der Waals surface area contributed by atoms with Crippen molar-refractivity contribution in [3.63, 3.8) is 0 Å². The van der Waals surface area contributed by atoms with Crippen LogP contribution in [0.1, 0.15) is 12.5 Å². The van der Waals surface area contributed by atoms with E-state index in [0.29, 0.717) is 12.2 Å². The van der Waals surface area contributed by atoms with E-state index in [9.17, 15) is 4.79 Å². The van der Waals surface area contributed by atoms with Crippen molar-refractivity contribution in [3.8, 4) is 0 Å². The monoisotopic (exact) mass is 307 g/mol. The number of imidazole rings is 1. The molecule has 23 heavy (non-hydrogen) atoms. The number of nitrogens with one attached hydrogen (secondary N) is 1. The summed E-state index contributed by atoms with van der Waals surface area (Å²) in [7, 11) is 0. The third kappa shape index (κ3) is 3.40. The second kappa shape index (κ2) is 6.79. The highest BCUT2D eigenvalue weighted by Crippen LogP contribution is 2.17. The molecule has 3 aromatic rings. The van der Waals surface area contributed by atoms with E-state index in [1.807, 2.05) is 59.3 Å². The summed E-state index contributed by atoms with van der Waals surface area (Å²) in [6.07, 6.45) is 7.19. The van der Waals surface area contributed by atoms with Gasteiger partial charge in [-0.05, 0) is 18.6 Å². The Bertz CT molecular complexity index is 838. The Hall–Kier alpha value is -3.08. The number of fused-ring (bicyclic) bond motifs is 1.